The van der Waals surface area contributed by atoms with Crippen molar-refractivity contribution >= 4 is 5.97 Å². The quantitative estimate of drug-likeness (QED) is 0.730. The van der Waals surface area contributed by atoms with E-state index < -0.39 is 5.92 Å². The van der Waals surface area contributed by atoms with Gasteiger partial charge in [-0.1, -0.05) is 30.3 Å². The third-order valence-corrected chi connectivity index (χ3v) is 3.49. The highest BCUT2D eigenvalue weighted by molar-refractivity contribution is 5.93. The van der Waals surface area contributed by atoms with Gasteiger partial charge in [0, 0.05) is 0 Å². The summed E-state index contributed by atoms with van der Waals surface area (Å²) in [5.74, 6) is -0.717. The number of ether oxygens (including phenoxy) is 1. The molecule has 0 heterocycles. The summed E-state index contributed by atoms with van der Waals surface area (Å²) in [6.07, 6.45) is 0. The molecule has 92 valence electrons. The van der Waals surface area contributed by atoms with Crippen LogP contribution in [0.15, 0.2) is 42.5 Å². The number of hydrogen-bond donors (Lipinski definition) is 0. The number of nitriles is 1. The Morgan fingerprint density at radius 1 is 1.16 bits per heavy atom. The standard InChI is InChI=1S/C16H11NO2/c1-19-16(18)15-13-5-3-2-4-11(13)12-7-6-10(9-17)8-14(12)15/h2-8,15H,1H3. The van der Waals surface area contributed by atoms with Gasteiger partial charge in [0.05, 0.1) is 18.7 Å². The molecule has 2 aromatic rings. The van der Waals surface area contributed by atoms with Crippen molar-refractivity contribution < 1.29 is 9.53 Å². The Bertz CT molecular complexity index is 713. The zero-order chi connectivity index (χ0) is 13.4. The fraction of sp³-hybridized carbons (Fsp3) is 0.125. The molecule has 1 aliphatic carbocycles. The topological polar surface area (TPSA) is 50.1 Å². The predicted octanol–water partition coefficient (Wildman–Crippen LogP) is 2.84. The van der Waals surface area contributed by atoms with Crippen LogP contribution in [0.25, 0.3) is 11.1 Å². The summed E-state index contributed by atoms with van der Waals surface area (Å²) < 4.78 is 4.90. The average molecular weight is 249 g/mol. The molecule has 0 saturated heterocycles. The highest BCUT2D eigenvalue weighted by Crippen LogP contribution is 2.45. The number of hydrogen-bond acceptors (Lipinski definition) is 3. The molecule has 0 radical (unpaired) electrons. The zero-order valence-corrected chi connectivity index (χ0v) is 10.4. The highest BCUT2D eigenvalue weighted by Gasteiger charge is 2.34. The Balaban J connectivity index is 2.28. The van der Waals surface area contributed by atoms with Gasteiger partial charge in [-0.3, -0.25) is 4.79 Å². The Morgan fingerprint density at radius 3 is 2.63 bits per heavy atom. The summed E-state index contributed by atoms with van der Waals surface area (Å²) in [4.78, 5) is 12.0. The monoisotopic (exact) mass is 249 g/mol. The number of carbonyl (C=O) groups excluding carboxylic acids is 1. The molecule has 1 aliphatic rings. The lowest BCUT2D eigenvalue weighted by Crippen LogP contribution is -2.13. The van der Waals surface area contributed by atoms with Gasteiger partial charge in [0.2, 0.25) is 0 Å². The van der Waals surface area contributed by atoms with E-state index in [0.29, 0.717) is 5.56 Å². The van der Waals surface area contributed by atoms with E-state index in [1.807, 2.05) is 30.3 Å². The largest absolute Gasteiger partial charge is 0.468 e. The molecule has 0 amide bonds. The van der Waals surface area contributed by atoms with Crippen LogP contribution in [0.1, 0.15) is 22.6 Å². The summed E-state index contributed by atoms with van der Waals surface area (Å²) >= 11 is 0. The smallest absolute Gasteiger partial charge is 0.317 e. The van der Waals surface area contributed by atoms with Crippen LogP contribution < -0.4 is 0 Å². The van der Waals surface area contributed by atoms with Crippen molar-refractivity contribution in [3.63, 3.8) is 0 Å². The molecule has 0 spiro atoms. The fourth-order valence-corrected chi connectivity index (χ4v) is 2.65. The van der Waals surface area contributed by atoms with E-state index in [-0.39, 0.29) is 5.97 Å². The first-order valence-electron chi connectivity index (χ1n) is 5.97. The minimum Gasteiger partial charge on any atom is -0.468 e. The number of rotatable bonds is 1. The maximum atomic E-state index is 12.0. The summed E-state index contributed by atoms with van der Waals surface area (Å²) in [6, 6.07) is 15.3. The van der Waals surface area contributed by atoms with E-state index in [9.17, 15) is 4.79 Å². The molecule has 0 bridgehead atoms. The number of nitrogens with zero attached hydrogens (tertiary/aromatic N) is 1. The van der Waals surface area contributed by atoms with Crippen molar-refractivity contribution in [2.45, 2.75) is 5.92 Å². The molecule has 0 saturated carbocycles. The Morgan fingerprint density at radius 2 is 1.89 bits per heavy atom. The highest BCUT2D eigenvalue weighted by atomic mass is 16.5. The van der Waals surface area contributed by atoms with E-state index in [1.54, 1.807) is 12.1 Å². The van der Waals surface area contributed by atoms with Crippen molar-refractivity contribution in [2.75, 3.05) is 7.11 Å². The molecule has 3 heteroatoms. The van der Waals surface area contributed by atoms with Crippen LogP contribution in [0, 0.1) is 11.3 Å². The molecule has 0 aliphatic heterocycles. The lowest BCUT2D eigenvalue weighted by Gasteiger charge is -2.10. The number of carbonyl (C=O) groups is 1. The molecular formula is C16H11NO2. The molecule has 2 aromatic carbocycles. The molecule has 0 fully saturated rings. The maximum Gasteiger partial charge on any atom is 0.317 e. The van der Waals surface area contributed by atoms with E-state index >= 15 is 0 Å². The molecular weight excluding hydrogens is 238 g/mol. The Hall–Kier alpha value is -2.60. The van der Waals surface area contributed by atoms with E-state index in [4.69, 9.17) is 10.00 Å². The molecule has 1 atom stereocenters. The molecule has 0 aromatic heterocycles. The van der Waals surface area contributed by atoms with Crippen LogP contribution in [0.3, 0.4) is 0 Å². The van der Waals surface area contributed by atoms with Gasteiger partial charge in [0.15, 0.2) is 0 Å². The van der Waals surface area contributed by atoms with Crippen LogP contribution >= 0.6 is 0 Å². The number of methoxy groups -OCH3 is 1. The zero-order valence-electron chi connectivity index (χ0n) is 10.4. The van der Waals surface area contributed by atoms with Crippen LogP contribution in [-0.4, -0.2) is 13.1 Å². The molecule has 3 nitrogen and oxygen atoms in total. The van der Waals surface area contributed by atoms with Gasteiger partial charge in [0.25, 0.3) is 0 Å². The van der Waals surface area contributed by atoms with Crippen LogP contribution in [-0.2, 0) is 9.53 Å². The van der Waals surface area contributed by atoms with Crippen molar-refractivity contribution in [1.29, 1.82) is 5.26 Å². The number of fused-ring (bicyclic) bond motifs is 3. The lowest BCUT2D eigenvalue weighted by atomic mass is 9.96. The first kappa shape index (κ1) is 11.5. The van der Waals surface area contributed by atoms with Gasteiger partial charge in [-0.05, 0) is 34.4 Å². The van der Waals surface area contributed by atoms with Gasteiger partial charge >= 0.3 is 5.97 Å². The number of esters is 1. The van der Waals surface area contributed by atoms with Crippen molar-refractivity contribution in [1.82, 2.24) is 0 Å². The van der Waals surface area contributed by atoms with Crippen LogP contribution in [0.4, 0.5) is 0 Å². The number of benzene rings is 2. The van der Waals surface area contributed by atoms with Crippen molar-refractivity contribution in [2.24, 2.45) is 0 Å². The van der Waals surface area contributed by atoms with Gasteiger partial charge in [-0.15, -0.1) is 0 Å². The van der Waals surface area contributed by atoms with Crippen LogP contribution in [0.2, 0.25) is 0 Å². The van der Waals surface area contributed by atoms with E-state index in [1.165, 1.54) is 7.11 Å². The molecule has 0 N–H and O–H groups in total. The first-order valence-corrected chi connectivity index (χ1v) is 5.97. The maximum absolute atomic E-state index is 12.0. The lowest BCUT2D eigenvalue weighted by molar-refractivity contribution is -0.141. The third kappa shape index (κ3) is 1.61. The average Bonchev–Trinajstić information content (AvgIpc) is 2.80. The SMILES string of the molecule is COC(=O)C1c2ccccc2-c2ccc(C#N)cc21. The summed E-state index contributed by atoms with van der Waals surface area (Å²) in [7, 11) is 1.39. The molecule has 3 rings (SSSR count). The minimum atomic E-state index is -0.426. The van der Waals surface area contributed by atoms with Gasteiger partial charge in [-0.25, -0.2) is 0 Å². The van der Waals surface area contributed by atoms with Gasteiger partial charge < -0.3 is 4.74 Å². The van der Waals surface area contributed by atoms with Crippen LogP contribution in [0.5, 0.6) is 0 Å². The summed E-state index contributed by atoms with van der Waals surface area (Å²) in [6.45, 7) is 0. The normalized spacial score (nSPS) is 15.3. The first-order chi connectivity index (χ1) is 9.26. The fourth-order valence-electron chi connectivity index (χ4n) is 2.65. The molecule has 1 unspecified atom stereocenters. The second-order valence-electron chi connectivity index (χ2n) is 4.46. The van der Waals surface area contributed by atoms with Gasteiger partial charge in [-0.2, -0.15) is 5.26 Å². The van der Waals surface area contributed by atoms with E-state index in [2.05, 4.69) is 6.07 Å². The minimum absolute atomic E-state index is 0.290. The Labute approximate surface area is 111 Å². The second-order valence-corrected chi connectivity index (χ2v) is 4.46. The van der Waals surface area contributed by atoms with E-state index in [0.717, 1.165) is 22.3 Å². The summed E-state index contributed by atoms with van der Waals surface area (Å²) in [5.41, 5.74) is 4.40. The van der Waals surface area contributed by atoms with Crippen molar-refractivity contribution in [3.05, 3.63) is 59.2 Å². The third-order valence-electron chi connectivity index (χ3n) is 3.49. The Kier molecular flexibility index (Phi) is 2.57. The van der Waals surface area contributed by atoms with Crippen molar-refractivity contribution in [3.8, 4) is 17.2 Å². The second kappa shape index (κ2) is 4.25. The predicted molar refractivity (Wildman–Crippen MR) is 70.5 cm³/mol. The van der Waals surface area contributed by atoms with Gasteiger partial charge in [0.1, 0.15) is 5.92 Å². The summed E-state index contributed by atoms with van der Waals surface area (Å²) in [5, 5.41) is 9.00. The molecule has 19 heavy (non-hydrogen) atoms.